The molecule has 2 N–H and O–H groups in total. The number of hydrogen-bond acceptors (Lipinski definition) is 4. The molecule has 1 aromatic carbocycles. The van der Waals surface area contributed by atoms with Gasteiger partial charge in [-0.15, -0.1) is 0 Å². The Labute approximate surface area is 137 Å². The first-order valence-corrected chi connectivity index (χ1v) is 7.72. The van der Waals surface area contributed by atoms with Gasteiger partial charge in [0.15, 0.2) is 0 Å². The summed E-state index contributed by atoms with van der Waals surface area (Å²) in [5.41, 5.74) is 1.29. The van der Waals surface area contributed by atoms with Crippen molar-refractivity contribution in [3.63, 3.8) is 0 Å². The highest BCUT2D eigenvalue weighted by molar-refractivity contribution is 6.06. The quantitative estimate of drug-likeness (QED) is 0.755. The molecule has 3 aromatic rings. The van der Waals surface area contributed by atoms with Gasteiger partial charge in [0.05, 0.1) is 19.3 Å². The fraction of sp³-hybridized carbons (Fsp3) is 0.235. The lowest BCUT2D eigenvalue weighted by Gasteiger charge is -2.20. The van der Waals surface area contributed by atoms with Crippen molar-refractivity contribution in [3.05, 3.63) is 64.7 Å². The van der Waals surface area contributed by atoms with E-state index in [9.17, 15) is 9.59 Å². The minimum atomic E-state index is -0.312. The maximum Gasteiger partial charge on any atom is 0.267 e. The van der Waals surface area contributed by atoms with E-state index in [0.29, 0.717) is 18.8 Å². The van der Waals surface area contributed by atoms with E-state index in [1.807, 2.05) is 18.2 Å². The third-order valence-electron chi connectivity index (χ3n) is 4.26. The molecule has 2 atom stereocenters. The van der Waals surface area contributed by atoms with E-state index in [4.69, 9.17) is 4.74 Å². The van der Waals surface area contributed by atoms with Gasteiger partial charge in [-0.3, -0.25) is 9.59 Å². The maximum absolute atomic E-state index is 12.7. The molecule has 1 amide bonds. The molecule has 0 radical (unpaired) electrons. The number of aromatic nitrogens is 3. The fourth-order valence-electron chi connectivity index (χ4n) is 3.07. The highest BCUT2D eigenvalue weighted by Crippen LogP contribution is 2.20. The molecule has 1 aliphatic rings. The molecule has 1 fully saturated rings. The molecular formula is C17H16N4O3. The lowest BCUT2D eigenvalue weighted by molar-refractivity contribution is 0.0926. The van der Waals surface area contributed by atoms with Crippen LogP contribution in [0.15, 0.2) is 53.6 Å². The Bertz CT molecular complexity index is 946. The van der Waals surface area contributed by atoms with Crippen molar-refractivity contribution < 1.29 is 9.53 Å². The van der Waals surface area contributed by atoms with Gasteiger partial charge in [-0.2, -0.15) is 5.10 Å². The molecule has 2 aromatic heterocycles. The van der Waals surface area contributed by atoms with Crippen LogP contribution in [-0.4, -0.2) is 39.9 Å². The molecule has 0 bridgehead atoms. The van der Waals surface area contributed by atoms with Crippen molar-refractivity contribution in [2.24, 2.45) is 0 Å². The van der Waals surface area contributed by atoms with Gasteiger partial charge in [0.2, 0.25) is 0 Å². The summed E-state index contributed by atoms with van der Waals surface area (Å²) >= 11 is 0. The van der Waals surface area contributed by atoms with Gasteiger partial charge < -0.3 is 15.0 Å². The van der Waals surface area contributed by atoms with Gasteiger partial charge in [-0.25, -0.2) is 4.68 Å². The number of nitrogens with one attached hydrogen (secondary N) is 2. The highest BCUT2D eigenvalue weighted by Gasteiger charge is 2.32. The van der Waals surface area contributed by atoms with Gasteiger partial charge in [-0.05, 0) is 24.3 Å². The first-order chi connectivity index (χ1) is 11.7. The van der Waals surface area contributed by atoms with Crippen LogP contribution in [0.3, 0.4) is 0 Å². The van der Waals surface area contributed by atoms with E-state index in [-0.39, 0.29) is 23.6 Å². The van der Waals surface area contributed by atoms with Gasteiger partial charge >= 0.3 is 0 Å². The Kier molecular flexibility index (Phi) is 3.62. The zero-order valence-electron chi connectivity index (χ0n) is 12.8. The number of rotatable bonds is 3. The van der Waals surface area contributed by atoms with Crippen LogP contribution in [0.2, 0.25) is 0 Å². The summed E-state index contributed by atoms with van der Waals surface area (Å²) in [6, 6.07) is 9.83. The minimum absolute atomic E-state index is 0.190. The zero-order chi connectivity index (χ0) is 16.5. The van der Waals surface area contributed by atoms with E-state index in [0.717, 1.165) is 10.9 Å². The van der Waals surface area contributed by atoms with E-state index in [1.165, 1.54) is 10.7 Å². The van der Waals surface area contributed by atoms with Crippen LogP contribution >= 0.6 is 0 Å². The molecular weight excluding hydrogens is 308 g/mol. The normalized spacial score (nSPS) is 20.3. The zero-order valence-corrected chi connectivity index (χ0v) is 12.8. The number of H-pyrrole nitrogens is 1. The van der Waals surface area contributed by atoms with Crippen LogP contribution in [-0.2, 0) is 4.74 Å². The standard InChI is InChI=1S/C17H16N4O3/c22-16-5-2-7-19-21(16)15-10-24-9-14(15)20-17(23)12-3-1-4-13-11(12)6-8-18-13/h1-8,14-15,18H,9-10H2,(H,20,23). The van der Waals surface area contributed by atoms with Gasteiger partial charge in [0.1, 0.15) is 6.04 Å². The van der Waals surface area contributed by atoms with Gasteiger partial charge in [0.25, 0.3) is 11.5 Å². The van der Waals surface area contributed by atoms with Crippen molar-refractivity contribution in [1.82, 2.24) is 20.1 Å². The Balaban J connectivity index is 1.60. The second kappa shape index (κ2) is 5.93. The number of carbonyl (C=O) groups excluding carboxylic acids is 1. The molecule has 2 unspecified atom stereocenters. The highest BCUT2D eigenvalue weighted by atomic mass is 16.5. The molecule has 0 aliphatic carbocycles. The third kappa shape index (κ3) is 2.48. The summed E-state index contributed by atoms with van der Waals surface area (Å²) in [5, 5.41) is 7.94. The first kappa shape index (κ1) is 14.6. The second-order valence-electron chi connectivity index (χ2n) is 5.74. The van der Waals surface area contributed by atoms with Crippen molar-refractivity contribution in [2.75, 3.05) is 13.2 Å². The predicted molar refractivity (Wildman–Crippen MR) is 87.9 cm³/mol. The topological polar surface area (TPSA) is 89.0 Å². The molecule has 122 valence electrons. The Morgan fingerprint density at radius 2 is 2.17 bits per heavy atom. The van der Waals surface area contributed by atoms with Crippen LogP contribution < -0.4 is 10.9 Å². The Morgan fingerprint density at radius 1 is 1.25 bits per heavy atom. The number of amides is 1. The average molecular weight is 324 g/mol. The third-order valence-corrected chi connectivity index (χ3v) is 4.26. The summed E-state index contributed by atoms with van der Waals surface area (Å²) < 4.78 is 6.84. The number of nitrogens with zero attached hydrogens (tertiary/aromatic N) is 2. The predicted octanol–water partition coefficient (Wildman–Crippen LogP) is 1.09. The molecule has 4 rings (SSSR count). The van der Waals surface area contributed by atoms with E-state index in [2.05, 4.69) is 15.4 Å². The van der Waals surface area contributed by atoms with Gasteiger partial charge in [0, 0.05) is 34.9 Å². The summed E-state index contributed by atoms with van der Waals surface area (Å²) in [4.78, 5) is 27.8. The molecule has 3 heterocycles. The Hall–Kier alpha value is -2.93. The van der Waals surface area contributed by atoms with Crippen molar-refractivity contribution in [3.8, 4) is 0 Å². The summed E-state index contributed by atoms with van der Waals surface area (Å²) in [5.74, 6) is -0.190. The van der Waals surface area contributed by atoms with E-state index in [1.54, 1.807) is 24.5 Å². The van der Waals surface area contributed by atoms with Crippen LogP contribution in [0, 0.1) is 0 Å². The largest absolute Gasteiger partial charge is 0.377 e. The van der Waals surface area contributed by atoms with Crippen LogP contribution in [0.4, 0.5) is 0 Å². The molecule has 7 heteroatoms. The fourth-order valence-corrected chi connectivity index (χ4v) is 3.07. The molecule has 1 saturated heterocycles. The number of carbonyl (C=O) groups is 1. The van der Waals surface area contributed by atoms with Gasteiger partial charge in [-0.1, -0.05) is 6.07 Å². The Morgan fingerprint density at radius 3 is 3.04 bits per heavy atom. The smallest absolute Gasteiger partial charge is 0.267 e. The summed E-state index contributed by atoms with van der Waals surface area (Å²) in [7, 11) is 0. The van der Waals surface area contributed by atoms with Crippen molar-refractivity contribution >= 4 is 16.8 Å². The molecule has 7 nitrogen and oxygen atoms in total. The van der Waals surface area contributed by atoms with E-state index < -0.39 is 0 Å². The molecule has 0 spiro atoms. The van der Waals surface area contributed by atoms with Crippen LogP contribution in [0.1, 0.15) is 16.4 Å². The number of ether oxygens (including phenoxy) is 1. The summed E-state index contributed by atoms with van der Waals surface area (Å²) in [6.45, 7) is 0.693. The van der Waals surface area contributed by atoms with Crippen LogP contribution in [0.25, 0.3) is 10.9 Å². The van der Waals surface area contributed by atoms with Crippen molar-refractivity contribution in [2.45, 2.75) is 12.1 Å². The number of hydrogen-bond donors (Lipinski definition) is 2. The molecule has 24 heavy (non-hydrogen) atoms. The second-order valence-corrected chi connectivity index (χ2v) is 5.74. The SMILES string of the molecule is O=C(NC1COCC1n1ncccc1=O)c1cccc2[nH]ccc12. The molecule has 0 saturated carbocycles. The average Bonchev–Trinajstić information content (AvgIpc) is 3.24. The lowest BCUT2D eigenvalue weighted by Crippen LogP contribution is -2.43. The minimum Gasteiger partial charge on any atom is -0.377 e. The monoisotopic (exact) mass is 324 g/mol. The lowest BCUT2D eigenvalue weighted by atomic mass is 10.1. The van der Waals surface area contributed by atoms with Crippen molar-refractivity contribution in [1.29, 1.82) is 0 Å². The number of aromatic amines is 1. The first-order valence-electron chi connectivity index (χ1n) is 7.72. The molecule has 1 aliphatic heterocycles. The number of fused-ring (bicyclic) bond motifs is 1. The van der Waals surface area contributed by atoms with Crippen LogP contribution in [0.5, 0.6) is 0 Å². The summed E-state index contributed by atoms with van der Waals surface area (Å²) in [6.07, 6.45) is 3.36. The van der Waals surface area contributed by atoms with E-state index >= 15 is 0 Å². The maximum atomic E-state index is 12.7. The number of benzene rings is 1.